The lowest BCUT2D eigenvalue weighted by molar-refractivity contribution is -0.166. The summed E-state index contributed by atoms with van der Waals surface area (Å²) in [6.07, 6.45) is 0. The molecule has 194 valence electrons. The highest BCUT2D eigenvalue weighted by Gasteiger charge is 2.56. The Bertz CT molecular complexity index is 1560. The average Bonchev–Trinajstić information content (AvgIpc) is 3.33. The van der Waals surface area contributed by atoms with Crippen molar-refractivity contribution in [3.8, 4) is 11.5 Å². The van der Waals surface area contributed by atoms with Crippen LogP contribution in [-0.4, -0.2) is 53.9 Å². The minimum atomic E-state index is -1.18. The van der Waals surface area contributed by atoms with Crippen LogP contribution in [0.15, 0.2) is 66.7 Å². The summed E-state index contributed by atoms with van der Waals surface area (Å²) in [5.41, 5.74) is 3.29. The van der Waals surface area contributed by atoms with Crippen molar-refractivity contribution in [1.29, 1.82) is 0 Å². The summed E-state index contributed by atoms with van der Waals surface area (Å²) in [7, 11) is 3.23. The number of methoxy groups -OCH3 is 2. The molecule has 3 aromatic carbocycles. The number of carbonyl (C=O) groups excluding carboxylic acids is 2. The van der Waals surface area contributed by atoms with Crippen LogP contribution < -0.4 is 9.47 Å². The molecule has 0 saturated carbocycles. The second kappa shape index (κ2) is 9.10. The van der Waals surface area contributed by atoms with Gasteiger partial charge in [0.25, 0.3) is 5.91 Å². The maximum Gasteiger partial charge on any atom is 0.255 e. The van der Waals surface area contributed by atoms with Crippen LogP contribution in [0.3, 0.4) is 0 Å². The molecule has 1 saturated heterocycles. The van der Waals surface area contributed by atoms with E-state index in [4.69, 9.17) is 21.1 Å². The number of para-hydroxylation sites is 2. The fraction of sp³-hybridized carbons (Fsp3) is 0.267. The van der Waals surface area contributed by atoms with Crippen LogP contribution in [0.1, 0.15) is 35.2 Å². The molecule has 2 aliphatic heterocycles. The number of amides is 2. The molecule has 38 heavy (non-hydrogen) atoms. The fourth-order valence-corrected chi connectivity index (χ4v) is 6.21. The molecule has 2 aliphatic rings. The molecule has 0 radical (unpaired) electrons. The molecular weight excluding hydrogens is 502 g/mol. The molecule has 0 aliphatic carbocycles. The van der Waals surface area contributed by atoms with Crippen molar-refractivity contribution in [2.24, 2.45) is 0 Å². The number of rotatable bonds is 5. The third-order valence-electron chi connectivity index (χ3n) is 7.91. The lowest BCUT2D eigenvalue weighted by atomic mass is 9.76. The zero-order valence-electron chi connectivity index (χ0n) is 21.5. The monoisotopic (exact) mass is 529 g/mol. The van der Waals surface area contributed by atoms with Gasteiger partial charge in [-0.3, -0.25) is 9.59 Å². The largest absolute Gasteiger partial charge is 0.493 e. The Balaban J connectivity index is 1.52. The van der Waals surface area contributed by atoms with Gasteiger partial charge in [0.1, 0.15) is 6.54 Å². The Kier molecular flexibility index (Phi) is 5.83. The topological polar surface area (TPSA) is 74.9 Å². The first kappa shape index (κ1) is 24.4. The first-order valence-electron chi connectivity index (χ1n) is 12.5. The molecule has 7 nitrogen and oxygen atoms in total. The Hall–Kier alpha value is -3.97. The standard InChI is InChI=1S/C30H28ClN3O4/c1-30-28-26(21-7-4-5-9-23(21)32-28)22(20-8-6-10-24(37-2)27(20)38-3)16-34(30)25(35)17-33(29(30)36)15-18-11-13-19(31)14-12-18/h4-14,22,32H,15-17H2,1-3H3/t22-,30+/m1/s1. The van der Waals surface area contributed by atoms with Crippen LogP contribution in [0.2, 0.25) is 5.02 Å². The van der Waals surface area contributed by atoms with Crippen LogP contribution in [0, 0.1) is 0 Å². The van der Waals surface area contributed by atoms with Crippen LogP contribution in [0.25, 0.3) is 10.9 Å². The van der Waals surface area contributed by atoms with E-state index in [1.165, 1.54) is 0 Å². The predicted octanol–water partition coefficient (Wildman–Crippen LogP) is 5.07. The van der Waals surface area contributed by atoms with Gasteiger partial charge in [0.05, 0.1) is 19.9 Å². The summed E-state index contributed by atoms with van der Waals surface area (Å²) in [6, 6.07) is 21.2. The van der Waals surface area contributed by atoms with Crippen molar-refractivity contribution >= 4 is 34.3 Å². The number of halogens is 1. The van der Waals surface area contributed by atoms with Crippen molar-refractivity contribution in [3.05, 3.63) is 94.1 Å². The second-order valence-corrected chi connectivity index (χ2v) is 10.4. The third kappa shape index (κ3) is 3.56. The van der Waals surface area contributed by atoms with Crippen molar-refractivity contribution in [2.45, 2.75) is 24.9 Å². The first-order valence-corrected chi connectivity index (χ1v) is 12.9. The van der Waals surface area contributed by atoms with E-state index in [2.05, 4.69) is 11.1 Å². The Morgan fingerprint density at radius 1 is 1.00 bits per heavy atom. The van der Waals surface area contributed by atoms with Crippen LogP contribution in [0.5, 0.6) is 11.5 Å². The smallest absolute Gasteiger partial charge is 0.255 e. The van der Waals surface area contributed by atoms with Gasteiger partial charge in [-0.2, -0.15) is 0 Å². The maximum absolute atomic E-state index is 14.2. The first-order chi connectivity index (χ1) is 18.4. The third-order valence-corrected chi connectivity index (χ3v) is 8.16. The van der Waals surface area contributed by atoms with Gasteiger partial charge in [-0.15, -0.1) is 0 Å². The molecule has 3 heterocycles. The molecule has 4 aromatic rings. The number of nitrogens with one attached hydrogen (secondary N) is 1. The summed E-state index contributed by atoms with van der Waals surface area (Å²) >= 11 is 6.06. The molecule has 6 rings (SSSR count). The number of piperazine rings is 1. The quantitative estimate of drug-likeness (QED) is 0.392. The van der Waals surface area contributed by atoms with Gasteiger partial charge in [0.2, 0.25) is 5.91 Å². The number of hydrogen-bond acceptors (Lipinski definition) is 4. The normalized spacial score (nSPS) is 20.9. The highest BCUT2D eigenvalue weighted by atomic mass is 35.5. The minimum absolute atomic E-state index is 0.00851. The minimum Gasteiger partial charge on any atom is -0.493 e. The summed E-state index contributed by atoms with van der Waals surface area (Å²) in [6.45, 7) is 2.53. The molecule has 0 bridgehead atoms. The lowest BCUT2D eigenvalue weighted by Crippen LogP contribution is -2.67. The Labute approximate surface area is 225 Å². The number of aromatic nitrogens is 1. The van der Waals surface area contributed by atoms with Crippen molar-refractivity contribution in [1.82, 2.24) is 14.8 Å². The number of benzene rings is 3. The molecule has 1 N–H and O–H groups in total. The molecular formula is C30H28ClN3O4. The van der Waals surface area contributed by atoms with Gasteiger partial charge < -0.3 is 24.3 Å². The van der Waals surface area contributed by atoms with Crippen LogP contribution in [-0.2, 0) is 21.7 Å². The molecule has 2 amide bonds. The highest BCUT2D eigenvalue weighted by molar-refractivity contribution is 6.30. The molecule has 0 spiro atoms. The van der Waals surface area contributed by atoms with E-state index in [1.54, 1.807) is 36.2 Å². The van der Waals surface area contributed by atoms with Crippen molar-refractivity contribution in [3.63, 3.8) is 0 Å². The zero-order valence-corrected chi connectivity index (χ0v) is 22.2. The Morgan fingerprint density at radius 3 is 2.50 bits per heavy atom. The van der Waals surface area contributed by atoms with Gasteiger partial charge in [0, 0.05) is 40.5 Å². The number of hydrogen-bond donors (Lipinski definition) is 1. The van der Waals surface area contributed by atoms with E-state index >= 15 is 0 Å². The summed E-state index contributed by atoms with van der Waals surface area (Å²) in [5, 5.41) is 1.65. The molecule has 1 aromatic heterocycles. The molecule has 8 heteroatoms. The lowest BCUT2D eigenvalue weighted by Gasteiger charge is -2.51. The summed E-state index contributed by atoms with van der Waals surface area (Å²) < 4.78 is 11.4. The van der Waals surface area contributed by atoms with E-state index in [1.807, 2.05) is 55.5 Å². The molecule has 1 fully saturated rings. The Morgan fingerprint density at radius 2 is 1.76 bits per heavy atom. The van der Waals surface area contributed by atoms with Gasteiger partial charge in [-0.25, -0.2) is 0 Å². The number of aromatic amines is 1. The summed E-state index contributed by atoms with van der Waals surface area (Å²) in [4.78, 5) is 34.9. The van der Waals surface area contributed by atoms with Crippen LogP contribution >= 0.6 is 11.6 Å². The number of carbonyl (C=O) groups is 2. The van der Waals surface area contributed by atoms with Gasteiger partial charge >= 0.3 is 0 Å². The molecule has 0 unspecified atom stereocenters. The number of fused-ring (bicyclic) bond motifs is 5. The van der Waals surface area contributed by atoms with Gasteiger partial charge in [0.15, 0.2) is 17.0 Å². The van der Waals surface area contributed by atoms with E-state index in [-0.39, 0.29) is 24.3 Å². The van der Waals surface area contributed by atoms with Crippen molar-refractivity contribution in [2.75, 3.05) is 27.3 Å². The van der Waals surface area contributed by atoms with Gasteiger partial charge in [-0.05, 0) is 42.3 Å². The van der Waals surface area contributed by atoms with Gasteiger partial charge in [-0.1, -0.05) is 54.1 Å². The number of ether oxygens (including phenoxy) is 2. The van der Waals surface area contributed by atoms with Crippen molar-refractivity contribution < 1.29 is 19.1 Å². The van der Waals surface area contributed by atoms with E-state index < -0.39 is 5.54 Å². The highest BCUT2D eigenvalue weighted by Crippen LogP contribution is 2.50. The number of H-pyrrole nitrogens is 1. The van der Waals surface area contributed by atoms with E-state index in [0.717, 1.165) is 33.3 Å². The SMILES string of the molecule is COc1cccc([C@H]2CN3C(=O)CN(Cc4ccc(Cl)cc4)C(=O)[C@]3(C)c3[nH]c4ccccc4c32)c1OC. The number of nitrogens with zero attached hydrogens (tertiary/aromatic N) is 2. The predicted molar refractivity (Wildman–Crippen MR) is 146 cm³/mol. The van der Waals surface area contributed by atoms with Crippen LogP contribution in [0.4, 0.5) is 0 Å². The fourth-order valence-electron chi connectivity index (χ4n) is 6.08. The average molecular weight is 530 g/mol. The zero-order chi connectivity index (χ0) is 26.6. The summed E-state index contributed by atoms with van der Waals surface area (Å²) in [5.74, 6) is 0.807. The maximum atomic E-state index is 14.2. The van der Waals surface area contributed by atoms with E-state index in [0.29, 0.717) is 29.6 Å². The second-order valence-electron chi connectivity index (χ2n) is 9.96. The molecule has 2 atom stereocenters. The van der Waals surface area contributed by atoms with E-state index in [9.17, 15) is 9.59 Å².